The van der Waals surface area contributed by atoms with E-state index in [1.165, 1.54) is 5.56 Å². The Bertz CT molecular complexity index is 399. The summed E-state index contributed by atoms with van der Waals surface area (Å²) in [5.41, 5.74) is 1.43. The molecule has 0 fully saturated rings. The summed E-state index contributed by atoms with van der Waals surface area (Å²) in [6, 6.07) is 10.6. The largest absolute Gasteiger partial charge is 0.351 e. The van der Waals surface area contributed by atoms with Gasteiger partial charge in [-0.15, -0.1) is 0 Å². The third-order valence-corrected chi connectivity index (χ3v) is 3.09. The Morgan fingerprint density at radius 1 is 1.33 bits per heavy atom. The molecule has 1 aromatic rings. The predicted octanol–water partition coefficient (Wildman–Crippen LogP) is 3.80. The van der Waals surface area contributed by atoms with Crippen LogP contribution >= 0.6 is 0 Å². The van der Waals surface area contributed by atoms with E-state index in [9.17, 15) is 0 Å². The maximum atomic E-state index is 4.77. The topological polar surface area (TPSA) is 24.4 Å². The zero-order chi connectivity index (χ0) is 13.6. The minimum absolute atomic E-state index is 0.171. The molecule has 2 nitrogen and oxygen atoms in total. The summed E-state index contributed by atoms with van der Waals surface area (Å²) in [5, 5.41) is 3.15. The van der Waals surface area contributed by atoms with Crippen LogP contribution in [0.2, 0.25) is 0 Å². The summed E-state index contributed by atoms with van der Waals surface area (Å²) >= 11 is 0. The van der Waals surface area contributed by atoms with Crippen molar-refractivity contribution in [3.8, 4) is 0 Å². The van der Waals surface area contributed by atoms with Crippen molar-refractivity contribution in [2.24, 2.45) is 10.4 Å². The van der Waals surface area contributed by atoms with Crippen molar-refractivity contribution in [1.82, 2.24) is 5.32 Å². The summed E-state index contributed by atoms with van der Waals surface area (Å²) in [5.74, 6) is 0.971. The van der Waals surface area contributed by atoms with Crippen molar-refractivity contribution in [3.63, 3.8) is 0 Å². The van der Waals surface area contributed by atoms with Crippen molar-refractivity contribution < 1.29 is 0 Å². The number of benzene rings is 1. The van der Waals surface area contributed by atoms with Crippen LogP contribution in [0.5, 0.6) is 0 Å². The zero-order valence-electron chi connectivity index (χ0n) is 11.9. The van der Waals surface area contributed by atoms with E-state index in [0.29, 0.717) is 0 Å². The van der Waals surface area contributed by atoms with E-state index in [-0.39, 0.29) is 11.5 Å². The minimum atomic E-state index is 0.171. The van der Waals surface area contributed by atoms with E-state index < -0.39 is 0 Å². The van der Waals surface area contributed by atoms with Crippen LogP contribution in [0.4, 0.5) is 0 Å². The highest BCUT2D eigenvalue weighted by molar-refractivity contribution is 5.85. The fourth-order valence-electron chi connectivity index (χ4n) is 1.47. The first kappa shape index (κ1) is 14.5. The summed E-state index contributed by atoms with van der Waals surface area (Å²) in [6.45, 7) is 12.5. The molecule has 0 aliphatic heterocycles. The average molecular weight is 244 g/mol. The Labute approximate surface area is 111 Å². The second-order valence-corrected chi connectivity index (χ2v) is 5.63. The SMILES string of the molecule is C=CNC(Cc1ccccc1)=NC(C)C(C)(C)C. The van der Waals surface area contributed by atoms with Gasteiger partial charge >= 0.3 is 0 Å². The Kier molecular flexibility index (Phi) is 5.14. The van der Waals surface area contributed by atoms with E-state index in [0.717, 1.165) is 12.3 Å². The van der Waals surface area contributed by atoms with Crippen molar-refractivity contribution in [2.75, 3.05) is 0 Å². The molecule has 18 heavy (non-hydrogen) atoms. The fraction of sp³-hybridized carbons (Fsp3) is 0.438. The van der Waals surface area contributed by atoms with Crippen LogP contribution in [0.3, 0.4) is 0 Å². The molecule has 0 aliphatic carbocycles. The van der Waals surface area contributed by atoms with Crippen molar-refractivity contribution in [3.05, 3.63) is 48.7 Å². The van der Waals surface area contributed by atoms with Gasteiger partial charge in [0, 0.05) is 6.42 Å². The molecule has 0 spiro atoms. The highest BCUT2D eigenvalue weighted by Gasteiger charge is 2.19. The maximum Gasteiger partial charge on any atom is 0.105 e. The number of nitrogens with zero attached hydrogens (tertiary/aromatic N) is 1. The van der Waals surface area contributed by atoms with Gasteiger partial charge < -0.3 is 5.32 Å². The Morgan fingerprint density at radius 3 is 2.44 bits per heavy atom. The number of hydrogen-bond acceptors (Lipinski definition) is 1. The van der Waals surface area contributed by atoms with Gasteiger partial charge in [-0.25, -0.2) is 0 Å². The molecule has 0 saturated heterocycles. The fourth-order valence-corrected chi connectivity index (χ4v) is 1.47. The molecule has 0 aliphatic rings. The first-order valence-electron chi connectivity index (χ1n) is 6.41. The van der Waals surface area contributed by atoms with E-state index in [1.807, 2.05) is 18.2 Å². The highest BCUT2D eigenvalue weighted by atomic mass is 15.0. The molecule has 0 saturated carbocycles. The molecule has 2 heteroatoms. The Hall–Kier alpha value is -1.57. The van der Waals surface area contributed by atoms with Crippen LogP contribution in [-0.4, -0.2) is 11.9 Å². The van der Waals surface area contributed by atoms with Crippen molar-refractivity contribution in [1.29, 1.82) is 0 Å². The number of hydrogen-bond donors (Lipinski definition) is 1. The van der Waals surface area contributed by atoms with Crippen LogP contribution < -0.4 is 5.32 Å². The van der Waals surface area contributed by atoms with Crippen LogP contribution in [0.15, 0.2) is 48.1 Å². The molecule has 0 aromatic heterocycles. The van der Waals surface area contributed by atoms with E-state index in [2.05, 4.69) is 51.7 Å². The van der Waals surface area contributed by atoms with Gasteiger partial charge in [0.05, 0.1) is 6.04 Å². The second-order valence-electron chi connectivity index (χ2n) is 5.63. The lowest BCUT2D eigenvalue weighted by molar-refractivity contribution is 0.341. The van der Waals surface area contributed by atoms with Crippen molar-refractivity contribution in [2.45, 2.75) is 40.2 Å². The van der Waals surface area contributed by atoms with Crippen LogP contribution in [0, 0.1) is 5.41 Å². The molecule has 0 amide bonds. The second kappa shape index (κ2) is 6.39. The van der Waals surface area contributed by atoms with Gasteiger partial charge in [-0.1, -0.05) is 57.7 Å². The van der Waals surface area contributed by atoms with Crippen molar-refractivity contribution >= 4 is 5.84 Å². The van der Waals surface area contributed by atoms with Gasteiger partial charge in [-0.2, -0.15) is 0 Å². The summed E-state index contributed by atoms with van der Waals surface area (Å²) in [7, 11) is 0. The predicted molar refractivity (Wildman–Crippen MR) is 79.8 cm³/mol. The van der Waals surface area contributed by atoms with Gasteiger partial charge in [0.1, 0.15) is 5.84 Å². The van der Waals surface area contributed by atoms with Gasteiger partial charge in [0.2, 0.25) is 0 Å². The lowest BCUT2D eigenvalue weighted by Crippen LogP contribution is -2.27. The maximum absolute atomic E-state index is 4.77. The summed E-state index contributed by atoms with van der Waals surface area (Å²) < 4.78 is 0. The van der Waals surface area contributed by atoms with E-state index in [1.54, 1.807) is 6.20 Å². The normalized spacial score (nSPS) is 14.1. The molecule has 0 heterocycles. The zero-order valence-corrected chi connectivity index (χ0v) is 11.9. The first-order chi connectivity index (χ1) is 8.43. The van der Waals surface area contributed by atoms with Gasteiger partial charge in [0.25, 0.3) is 0 Å². The standard InChI is InChI=1S/C16H24N2/c1-6-17-15(18-13(2)16(3,4)5)12-14-10-8-7-9-11-14/h6-11,13H,1,12H2,2-5H3,(H,17,18). The van der Waals surface area contributed by atoms with Gasteiger partial charge in [-0.3, -0.25) is 4.99 Å². The number of aliphatic imine (C=N–C) groups is 1. The van der Waals surface area contributed by atoms with Crippen LogP contribution in [-0.2, 0) is 6.42 Å². The Morgan fingerprint density at radius 2 is 1.94 bits per heavy atom. The molecular formula is C16H24N2. The summed E-state index contributed by atoms with van der Waals surface area (Å²) in [4.78, 5) is 4.77. The molecule has 1 unspecified atom stereocenters. The molecule has 98 valence electrons. The van der Waals surface area contributed by atoms with Crippen LogP contribution in [0.1, 0.15) is 33.3 Å². The average Bonchev–Trinajstić information content (AvgIpc) is 2.29. The monoisotopic (exact) mass is 244 g/mol. The highest BCUT2D eigenvalue weighted by Crippen LogP contribution is 2.21. The van der Waals surface area contributed by atoms with E-state index in [4.69, 9.17) is 4.99 Å². The molecule has 0 radical (unpaired) electrons. The van der Waals surface area contributed by atoms with Gasteiger partial charge in [-0.05, 0) is 24.1 Å². The molecule has 1 rings (SSSR count). The molecular weight excluding hydrogens is 220 g/mol. The van der Waals surface area contributed by atoms with Gasteiger partial charge in [0.15, 0.2) is 0 Å². The number of nitrogens with one attached hydrogen (secondary N) is 1. The lowest BCUT2D eigenvalue weighted by atomic mass is 9.88. The molecule has 0 bridgehead atoms. The number of rotatable bonds is 4. The van der Waals surface area contributed by atoms with E-state index >= 15 is 0 Å². The smallest absolute Gasteiger partial charge is 0.105 e. The third-order valence-electron chi connectivity index (χ3n) is 3.09. The third kappa shape index (κ3) is 4.74. The van der Waals surface area contributed by atoms with Crippen LogP contribution in [0.25, 0.3) is 0 Å². The number of amidine groups is 1. The quantitative estimate of drug-likeness (QED) is 0.632. The first-order valence-corrected chi connectivity index (χ1v) is 6.41. The molecule has 1 aromatic carbocycles. The molecule has 1 atom stereocenters. The lowest BCUT2D eigenvalue weighted by Gasteiger charge is -2.24. The summed E-state index contributed by atoms with van der Waals surface area (Å²) in [6.07, 6.45) is 2.50. The minimum Gasteiger partial charge on any atom is -0.351 e. The Balaban J connectivity index is 2.83. The molecule has 1 N–H and O–H groups in total.